The largest absolute Gasteiger partial charge is 0.480 e. The van der Waals surface area contributed by atoms with E-state index in [4.69, 9.17) is 4.74 Å². The summed E-state index contributed by atoms with van der Waals surface area (Å²) in [6.45, 7) is 0. The lowest BCUT2D eigenvalue weighted by molar-refractivity contribution is -0.385. The molecule has 132 valence electrons. The van der Waals surface area contributed by atoms with Crippen LogP contribution >= 0.6 is 0 Å². The number of nitro benzene ring substituents is 1. The van der Waals surface area contributed by atoms with Gasteiger partial charge in [-0.05, 0) is 29.8 Å². The number of rotatable bonds is 3. The monoisotopic (exact) mass is 357 g/mol. The molecule has 0 saturated carbocycles. The van der Waals surface area contributed by atoms with Crippen molar-refractivity contribution in [2.75, 3.05) is 0 Å². The molecule has 0 N–H and O–H groups in total. The minimum Gasteiger partial charge on any atom is -0.480 e. The summed E-state index contributed by atoms with van der Waals surface area (Å²) >= 11 is 0. The van der Waals surface area contributed by atoms with Crippen molar-refractivity contribution in [3.63, 3.8) is 0 Å². The maximum absolute atomic E-state index is 13.2. The van der Waals surface area contributed by atoms with Crippen molar-refractivity contribution >= 4 is 17.5 Å². The molecule has 1 heterocycles. The zero-order valence-electron chi connectivity index (χ0n) is 14.2. The molecule has 0 aromatic heterocycles. The van der Waals surface area contributed by atoms with Crippen LogP contribution in [0.25, 0.3) is 6.08 Å². The van der Waals surface area contributed by atoms with Gasteiger partial charge in [0.1, 0.15) is 5.75 Å². The van der Waals surface area contributed by atoms with Crippen LogP contribution in [0.2, 0.25) is 0 Å². The maximum Gasteiger partial charge on any atom is 0.276 e. The molecule has 1 atom stereocenters. The topological polar surface area (TPSA) is 69.4 Å². The molecule has 0 spiro atoms. The number of para-hydroxylation sites is 2. The molecule has 4 rings (SSSR count). The number of nitrogens with zero attached hydrogens (tertiary/aromatic N) is 1. The van der Waals surface area contributed by atoms with E-state index in [1.807, 2.05) is 36.4 Å². The van der Waals surface area contributed by atoms with Crippen LogP contribution in [0, 0.1) is 10.1 Å². The molecule has 5 nitrogen and oxygen atoms in total. The third-order valence-corrected chi connectivity index (χ3v) is 4.47. The van der Waals surface area contributed by atoms with Crippen LogP contribution in [-0.2, 0) is 0 Å². The molecule has 0 amide bonds. The van der Waals surface area contributed by atoms with Crippen LogP contribution in [-0.4, -0.2) is 10.7 Å². The van der Waals surface area contributed by atoms with Gasteiger partial charge >= 0.3 is 0 Å². The molecular formula is C22H15NO4. The standard InChI is InChI=1S/C22H15NO4/c24-21-17-11-5-7-13-20(17)27-22(15-8-2-1-3-9-15)18(21)14-16-10-4-6-12-19(16)23(25)26/h1-14,22H/b18-14-/t22-/m1/s1. The molecule has 0 unspecified atom stereocenters. The van der Waals surface area contributed by atoms with E-state index in [0.29, 0.717) is 22.4 Å². The quantitative estimate of drug-likeness (QED) is 0.376. The van der Waals surface area contributed by atoms with Gasteiger partial charge in [0.2, 0.25) is 0 Å². The van der Waals surface area contributed by atoms with Gasteiger partial charge in [-0.3, -0.25) is 14.9 Å². The molecule has 0 aliphatic carbocycles. The first-order chi connectivity index (χ1) is 13.1. The predicted octanol–water partition coefficient (Wildman–Crippen LogP) is 4.99. The Morgan fingerprint density at radius 1 is 0.889 bits per heavy atom. The number of carbonyl (C=O) groups is 1. The minimum atomic E-state index is -0.631. The zero-order chi connectivity index (χ0) is 18.8. The van der Waals surface area contributed by atoms with E-state index in [2.05, 4.69) is 0 Å². The fourth-order valence-corrected chi connectivity index (χ4v) is 3.18. The third-order valence-electron chi connectivity index (χ3n) is 4.47. The minimum absolute atomic E-state index is 0.0523. The van der Waals surface area contributed by atoms with Gasteiger partial charge < -0.3 is 4.74 Å². The van der Waals surface area contributed by atoms with Gasteiger partial charge in [-0.2, -0.15) is 0 Å². The Balaban J connectivity index is 1.90. The van der Waals surface area contributed by atoms with Crippen LogP contribution < -0.4 is 4.74 Å². The summed E-state index contributed by atoms with van der Waals surface area (Å²) in [5.74, 6) is 0.319. The van der Waals surface area contributed by atoms with Crippen LogP contribution in [0.3, 0.4) is 0 Å². The van der Waals surface area contributed by atoms with Crippen molar-refractivity contribution < 1.29 is 14.5 Å². The first-order valence-corrected chi connectivity index (χ1v) is 8.45. The first kappa shape index (κ1) is 16.7. The number of nitro groups is 1. The lowest BCUT2D eigenvalue weighted by atomic mass is 9.89. The number of hydrogen-bond donors (Lipinski definition) is 0. The van der Waals surface area contributed by atoms with Gasteiger partial charge in [0.05, 0.1) is 16.1 Å². The average Bonchev–Trinajstić information content (AvgIpc) is 2.71. The number of ether oxygens (including phenoxy) is 1. The second kappa shape index (κ2) is 6.88. The smallest absolute Gasteiger partial charge is 0.276 e. The third kappa shape index (κ3) is 3.11. The Morgan fingerprint density at radius 3 is 2.33 bits per heavy atom. The number of hydrogen-bond acceptors (Lipinski definition) is 4. The molecule has 1 aliphatic rings. The highest BCUT2D eigenvalue weighted by atomic mass is 16.6. The van der Waals surface area contributed by atoms with Gasteiger partial charge in [0.15, 0.2) is 11.9 Å². The van der Waals surface area contributed by atoms with Crippen LogP contribution in [0.15, 0.2) is 84.4 Å². The van der Waals surface area contributed by atoms with Crippen molar-refractivity contribution in [3.05, 3.63) is 111 Å². The molecule has 0 bridgehead atoms. The summed E-state index contributed by atoms with van der Waals surface area (Å²) < 4.78 is 6.11. The van der Waals surface area contributed by atoms with Crippen LogP contribution in [0.5, 0.6) is 5.75 Å². The summed E-state index contributed by atoms with van der Waals surface area (Å²) in [6.07, 6.45) is 0.932. The van der Waals surface area contributed by atoms with Crippen molar-refractivity contribution in [2.45, 2.75) is 6.10 Å². The van der Waals surface area contributed by atoms with E-state index < -0.39 is 11.0 Å². The predicted molar refractivity (Wildman–Crippen MR) is 102 cm³/mol. The van der Waals surface area contributed by atoms with Gasteiger partial charge in [0.25, 0.3) is 5.69 Å². The van der Waals surface area contributed by atoms with E-state index >= 15 is 0 Å². The summed E-state index contributed by atoms with van der Waals surface area (Å²) in [7, 11) is 0. The van der Waals surface area contributed by atoms with Gasteiger partial charge in [-0.1, -0.05) is 54.6 Å². The molecule has 3 aromatic rings. The second-order valence-electron chi connectivity index (χ2n) is 6.15. The van der Waals surface area contributed by atoms with Gasteiger partial charge in [-0.15, -0.1) is 0 Å². The fourth-order valence-electron chi connectivity index (χ4n) is 3.18. The molecule has 1 aliphatic heterocycles. The van der Waals surface area contributed by atoms with Gasteiger partial charge in [-0.25, -0.2) is 0 Å². The summed E-state index contributed by atoms with van der Waals surface area (Å²) in [4.78, 5) is 24.1. The van der Waals surface area contributed by atoms with Crippen LogP contribution in [0.4, 0.5) is 5.69 Å². The number of Topliss-reactive ketones (excluding diaryl/α,β-unsaturated/α-hetero) is 1. The fraction of sp³-hybridized carbons (Fsp3) is 0.0455. The summed E-state index contributed by atoms with van der Waals surface area (Å²) in [6, 6.07) is 22.8. The van der Waals surface area contributed by atoms with E-state index in [9.17, 15) is 14.9 Å². The summed E-state index contributed by atoms with van der Waals surface area (Å²) in [5.41, 5.74) is 1.95. The maximum atomic E-state index is 13.2. The van der Waals surface area contributed by atoms with Crippen molar-refractivity contribution in [1.82, 2.24) is 0 Å². The summed E-state index contributed by atoms with van der Waals surface area (Å²) in [5, 5.41) is 11.4. The van der Waals surface area contributed by atoms with E-state index in [1.165, 1.54) is 6.07 Å². The number of ketones is 1. The highest BCUT2D eigenvalue weighted by Gasteiger charge is 2.33. The van der Waals surface area contributed by atoms with E-state index in [0.717, 1.165) is 5.56 Å². The average molecular weight is 357 g/mol. The number of carbonyl (C=O) groups excluding carboxylic acids is 1. The van der Waals surface area contributed by atoms with Gasteiger partial charge in [0, 0.05) is 11.6 Å². The molecular weight excluding hydrogens is 342 g/mol. The first-order valence-electron chi connectivity index (χ1n) is 8.45. The van der Waals surface area contributed by atoms with Crippen LogP contribution in [0.1, 0.15) is 27.6 Å². The normalized spacial score (nSPS) is 17.3. The van der Waals surface area contributed by atoms with Crippen molar-refractivity contribution in [1.29, 1.82) is 0 Å². The molecule has 5 heteroatoms. The lowest BCUT2D eigenvalue weighted by Crippen LogP contribution is -2.23. The molecule has 0 saturated heterocycles. The Kier molecular flexibility index (Phi) is 4.26. The number of fused-ring (bicyclic) bond motifs is 1. The molecule has 3 aromatic carbocycles. The highest BCUT2D eigenvalue weighted by Crippen LogP contribution is 2.39. The van der Waals surface area contributed by atoms with E-state index in [1.54, 1.807) is 42.5 Å². The second-order valence-corrected chi connectivity index (χ2v) is 6.15. The zero-order valence-corrected chi connectivity index (χ0v) is 14.2. The Bertz CT molecular complexity index is 1060. The molecule has 27 heavy (non-hydrogen) atoms. The molecule has 0 radical (unpaired) electrons. The molecule has 0 fully saturated rings. The Labute approximate surface area is 155 Å². The number of benzene rings is 3. The highest BCUT2D eigenvalue weighted by molar-refractivity contribution is 6.14. The SMILES string of the molecule is O=C1/C(=C/c2ccccc2[N+](=O)[O-])[C@@H](c2ccccc2)Oc2ccccc21. The lowest BCUT2D eigenvalue weighted by Gasteiger charge is -2.28. The Morgan fingerprint density at radius 2 is 1.56 bits per heavy atom. The Hall–Kier alpha value is -3.73. The van der Waals surface area contributed by atoms with Crippen molar-refractivity contribution in [2.24, 2.45) is 0 Å². The van der Waals surface area contributed by atoms with E-state index in [-0.39, 0.29) is 11.5 Å². The van der Waals surface area contributed by atoms with Crippen molar-refractivity contribution in [3.8, 4) is 5.75 Å².